The monoisotopic (exact) mass is 391 g/mol. The lowest BCUT2D eigenvalue weighted by Crippen LogP contribution is -2.45. The molecule has 27 heavy (non-hydrogen) atoms. The molecule has 3 rings (SSSR count). The Morgan fingerprint density at radius 3 is 2.78 bits per heavy atom. The fourth-order valence-electron chi connectivity index (χ4n) is 3.29. The van der Waals surface area contributed by atoms with Crippen LogP contribution in [0.15, 0.2) is 41.0 Å². The molecule has 1 aliphatic heterocycles. The minimum Gasteiger partial charge on any atom is -0.459 e. The lowest BCUT2D eigenvalue weighted by molar-refractivity contribution is 0.0660. The van der Waals surface area contributed by atoms with E-state index in [1.807, 2.05) is 24.8 Å². The van der Waals surface area contributed by atoms with E-state index >= 15 is 0 Å². The van der Waals surface area contributed by atoms with Crippen molar-refractivity contribution in [2.75, 3.05) is 18.4 Å². The zero-order valence-electron chi connectivity index (χ0n) is 15.6. The summed E-state index contributed by atoms with van der Waals surface area (Å²) in [5.74, 6) is 0.203. The van der Waals surface area contributed by atoms with E-state index in [0.29, 0.717) is 23.7 Å². The lowest BCUT2D eigenvalue weighted by Gasteiger charge is -2.34. The summed E-state index contributed by atoms with van der Waals surface area (Å²) in [7, 11) is 0. The van der Waals surface area contributed by atoms with E-state index in [2.05, 4.69) is 5.32 Å². The molecule has 6 nitrogen and oxygen atoms in total. The fraction of sp³-hybridized carbons (Fsp3) is 0.400. The van der Waals surface area contributed by atoms with Crippen molar-refractivity contribution in [2.45, 2.75) is 32.7 Å². The minimum atomic E-state index is -0.335. The first-order valence-corrected chi connectivity index (χ1v) is 8.96. The van der Waals surface area contributed by atoms with Gasteiger partial charge in [0.2, 0.25) is 0 Å². The number of piperidine rings is 1. The number of benzene rings is 1. The smallest absolute Gasteiger partial charge is 0.291 e. The largest absolute Gasteiger partial charge is 0.459 e. The van der Waals surface area contributed by atoms with Crippen LogP contribution < -0.4 is 11.1 Å². The number of hydrogen-bond donors (Lipinski definition) is 2. The van der Waals surface area contributed by atoms with Gasteiger partial charge < -0.3 is 20.4 Å². The maximum Gasteiger partial charge on any atom is 0.291 e. The molecule has 3 N–H and O–H groups in total. The fourth-order valence-corrected chi connectivity index (χ4v) is 3.29. The zero-order valence-corrected chi connectivity index (χ0v) is 16.4. The third-order valence-corrected chi connectivity index (χ3v) is 4.97. The topological polar surface area (TPSA) is 88.6 Å². The number of halogens is 1. The first-order chi connectivity index (χ1) is 12.5. The number of nitrogens with two attached hydrogens (primary N) is 1. The van der Waals surface area contributed by atoms with Crippen molar-refractivity contribution in [3.05, 3.63) is 53.5 Å². The van der Waals surface area contributed by atoms with Crippen LogP contribution in [0.4, 0.5) is 5.69 Å². The number of amides is 2. The van der Waals surface area contributed by atoms with E-state index < -0.39 is 0 Å². The molecule has 2 unspecified atom stereocenters. The third kappa shape index (κ3) is 4.90. The van der Waals surface area contributed by atoms with E-state index in [0.717, 1.165) is 24.9 Å². The quantitative estimate of drug-likeness (QED) is 0.835. The second kappa shape index (κ2) is 9.06. The molecule has 2 amide bonds. The van der Waals surface area contributed by atoms with E-state index in [1.54, 1.807) is 24.3 Å². The molecule has 2 aromatic rings. The number of carbonyl (C=O) groups is 2. The van der Waals surface area contributed by atoms with Gasteiger partial charge in [-0.2, -0.15) is 0 Å². The Bertz CT molecular complexity index is 790. The molecule has 146 valence electrons. The molecule has 0 saturated carbocycles. The molecular formula is C20H26ClN3O3. The van der Waals surface area contributed by atoms with Gasteiger partial charge in [-0.1, -0.05) is 6.07 Å². The van der Waals surface area contributed by atoms with Gasteiger partial charge in [-0.15, -0.1) is 12.4 Å². The van der Waals surface area contributed by atoms with Crippen LogP contribution in [0.5, 0.6) is 0 Å². The second-order valence-corrected chi connectivity index (χ2v) is 6.97. The molecule has 0 aliphatic carbocycles. The summed E-state index contributed by atoms with van der Waals surface area (Å²) in [6, 6.07) is 8.71. The van der Waals surface area contributed by atoms with E-state index in [4.69, 9.17) is 10.2 Å². The van der Waals surface area contributed by atoms with Crippen LogP contribution in [0.25, 0.3) is 0 Å². The normalized spacial score (nSPS) is 17.7. The number of nitrogens with zero attached hydrogens (tertiary/aromatic N) is 1. The number of hydrogen-bond acceptors (Lipinski definition) is 4. The Morgan fingerprint density at radius 2 is 2.11 bits per heavy atom. The maximum absolute atomic E-state index is 12.9. The summed E-state index contributed by atoms with van der Waals surface area (Å²) < 4.78 is 5.12. The molecule has 2 heterocycles. The molecule has 0 spiro atoms. The predicted octanol–water partition coefficient (Wildman–Crippen LogP) is 3.46. The van der Waals surface area contributed by atoms with Crippen molar-refractivity contribution < 1.29 is 14.0 Å². The molecule has 7 heteroatoms. The van der Waals surface area contributed by atoms with Gasteiger partial charge in [0.1, 0.15) is 0 Å². The van der Waals surface area contributed by atoms with E-state index in [1.165, 1.54) is 6.26 Å². The highest BCUT2D eigenvalue weighted by Crippen LogP contribution is 2.23. The van der Waals surface area contributed by atoms with Crippen LogP contribution in [-0.2, 0) is 0 Å². The lowest BCUT2D eigenvalue weighted by atomic mass is 9.92. The number of aryl methyl sites for hydroxylation is 1. The van der Waals surface area contributed by atoms with Crippen molar-refractivity contribution >= 4 is 29.9 Å². The number of carbonyl (C=O) groups excluding carboxylic acids is 2. The molecule has 0 bridgehead atoms. The Morgan fingerprint density at radius 1 is 1.33 bits per heavy atom. The van der Waals surface area contributed by atoms with Gasteiger partial charge in [0.25, 0.3) is 11.8 Å². The van der Waals surface area contributed by atoms with Crippen LogP contribution in [0.1, 0.15) is 46.2 Å². The Hall–Kier alpha value is -2.31. The van der Waals surface area contributed by atoms with Crippen molar-refractivity contribution in [1.29, 1.82) is 0 Å². The number of furan rings is 1. The highest BCUT2D eigenvalue weighted by Gasteiger charge is 2.26. The molecular weight excluding hydrogens is 366 g/mol. The molecule has 2 atom stereocenters. The van der Waals surface area contributed by atoms with Crippen molar-refractivity contribution in [3.63, 3.8) is 0 Å². The summed E-state index contributed by atoms with van der Waals surface area (Å²) in [5.41, 5.74) is 8.08. The van der Waals surface area contributed by atoms with Crippen LogP contribution >= 0.6 is 12.4 Å². The van der Waals surface area contributed by atoms with Gasteiger partial charge >= 0.3 is 0 Å². The van der Waals surface area contributed by atoms with Gasteiger partial charge in [-0.25, -0.2) is 0 Å². The van der Waals surface area contributed by atoms with Crippen LogP contribution in [0, 0.1) is 12.8 Å². The van der Waals surface area contributed by atoms with Gasteiger partial charge in [0.15, 0.2) is 5.76 Å². The first-order valence-electron chi connectivity index (χ1n) is 8.96. The summed E-state index contributed by atoms with van der Waals surface area (Å²) >= 11 is 0. The number of likely N-dealkylation sites (tertiary alicyclic amines) is 1. The zero-order chi connectivity index (χ0) is 18.7. The Balaban J connectivity index is 0.00000261. The van der Waals surface area contributed by atoms with Crippen LogP contribution in [0.3, 0.4) is 0 Å². The standard InChI is InChI=1S/C20H25N3O3.ClH/c1-13-7-8-15(11-17(13)22-19(24)18-6-4-10-26-18)20(25)23-9-3-5-16(12-23)14(2)21;/h4,6-8,10-11,14,16H,3,5,9,12,21H2,1-2H3,(H,22,24);1H. The average molecular weight is 392 g/mol. The first kappa shape index (κ1) is 21.0. The Kier molecular flexibility index (Phi) is 7.05. The van der Waals surface area contributed by atoms with Crippen LogP contribution in [-0.4, -0.2) is 35.8 Å². The van der Waals surface area contributed by atoms with Gasteiger partial charge in [0, 0.05) is 30.4 Å². The molecule has 0 radical (unpaired) electrons. The van der Waals surface area contributed by atoms with E-state index in [9.17, 15) is 9.59 Å². The maximum atomic E-state index is 12.9. The SMILES string of the molecule is Cc1ccc(C(=O)N2CCCC(C(C)N)C2)cc1NC(=O)c1ccco1.Cl. The summed E-state index contributed by atoms with van der Waals surface area (Å²) in [6.07, 6.45) is 3.47. The number of rotatable bonds is 4. The number of anilines is 1. The van der Waals surface area contributed by atoms with Crippen molar-refractivity contribution in [2.24, 2.45) is 11.7 Å². The third-order valence-electron chi connectivity index (χ3n) is 4.97. The highest BCUT2D eigenvalue weighted by molar-refractivity contribution is 6.04. The second-order valence-electron chi connectivity index (χ2n) is 6.97. The molecule has 1 aromatic heterocycles. The highest BCUT2D eigenvalue weighted by atomic mass is 35.5. The summed E-state index contributed by atoms with van der Waals surface area (Å²) in [6.45, 7) is 5.30. The summed E-state index contributed by atoms with van der Waals surface area (Å²) in [5, 5.41) is 2.81. The Labute approximate surface area is 165 Å². The summed E-state index contributed by atoms with van der Waals surface area (Å²) in [4.78, 5) is 27.0. The van der Waals surface area contributed by atoms with Gasteiger partial charge in [-0.05, 0) is 62.4 Å². The minimum absolute atomic E-state index is 0. The van der Waals surface area contributed by atoms with Crippen molar-refractivity contribution in [1.82, 2.24) is 4.90 Å². The van der Waals surface area contributed by atoms with E-state index in [-0.39, 0.29) is 36.0 Å². The van der Waals surface area contributed by atoms with Gasteiger partial charge in [0.05, 0.1) is 6.26 Å². The van der Waals surface area contributed by atoms with Crippen molar-refractivity contribution in [3.8, 4) is 0 Å². The average Bonchev–Trinajstić information content (AvgIpc) is 3.18. The number of nitrogens with one attached hydrogen (secondary N) is 1. The predicted molar refractivity (Wildman–Crippen MR) is 107 cm³/mol. The molecule has 1 aliphatic rings. The van der Waals surface area contributed by atoms with Gasteiger partial charge in [-0.3, -0.25) is 9.59 Å². The molecule has 1 saturated heterocycles. The molecule has 1 fully saturated rings. The van der Waals surface area contributed by atoms with Crippen LogP contribution in [0.2, 0.25) is 0 Å². The molecule has 1 aromatic carbocycles.